The van der Waals surface area contributed by atoms with Crippen LogP contribution in [0.3, 0.4) is 0 Å². The highest BCUT2D eigenvalue weighted by atomic mass is 32.2. The number of aromatic nitrogens is 1. The Kier molecular flexibility index (Phi) is 4.65. The van der Waals surface area contributed by atoms with Crippen molar-refractivity contribution in [2.45, 2.75) is 44.0 Å². The van der Waals surface area contributed by atoms with Gasteiger partial charge in [0, 0.05) is 25.5 Å². The van der Waals surface area contributed by atoms with Crippen LogP contribution in [0.2, 0.25) is 0 Å². The summed E-state index contributed by atoms with van der Waals surface area (Å²) in [6, 6.07) is 1.69. The summed E-state index contributed by atoms with van der Waals surface area (Å²) in [4.78, 5) is 4.14. The van der Waals surface area contributed by atoms with Crippen LogP contribution < -0.4 is 10.0 Å². The van der Waals surface area contributed by atoms with E-state index in [4.69, 9.17) is 0 Å². The van der Waals surface area contributed by atoms with Crippen molar-refractivity contribution < 1.29 is 8.42 Å². The van der Waals surface area contributed by atoms with Gasteiger partial charge in [-0.25, -0.2) is 13.1 Å². The van der Waals surface area contributed by atoms with Gasteiger partial charge in [0.05, 0.1) is 5.69 Å². The number of pyridine rings is 1. The minimum absolute atomic E-state index is 0.0230. The Hall–Kier alpha value is -1.14. The van der Waals surface area contributed by atoms with Gasteiger partial charge in [-0.05, 0) is 30.7 Å². The molecule has 3 atom stereocenters. The van der Waals surface area contributed by atoms with Crippen LogP contribution in [0.25, 0.3) is 0 Å². The number of hydrogen-bond acceptors (Lipinski definition) is 4. The molecule has 0 saturated heterocycles. The highest BCUT2D eigenvalue weighted by Crippen LogP contribution is 2.35. The van der Waals surface area contributed by atoms with Crippen molar-refractivity contribution in [2.24, 2.45) is 11.8 Å². The molecule has 0 radical (unpaired) electrons. The van der Waals surface area contributed by atoms with E-state index in [-0.39, 0.29) is 10.9 Å². The van der Waals surface area contributed by atoms with E-state index < -0.39 is 10.0 Å². The highest BCUT2D eigenvalue weighted by molar-refractivity contribution is 7.89. The average Bonchev–Trinajstić information content (AvgIpc) is 2.79. The third-order valence-electron chi connectivity index (χ3n) is 4.40. The summed E-state index contributed by atoms with van der Waals surface area (Å²) < 4.78 is 27.9. The molecule has 0 spiro atoms. The Morgan fingerprint density at radius 2 is 2.15 bits per heavy atom. The minimum Gasteiger partial charge on any atom is -0.387 e. The third kappa shape index (κ3) is 2.96. The summed E-state index contributed by atoms with van der Waals surface area (Å²) in [5.74, 6) is 0.991. The van der Waals surface area contributed by atoms with Crippen LogP contribution in [0.1, 0.15) is 33.1 Å². The smallest absolute Gasteiger partial charge is 0.244 e. The lowest BCUT2D eigenvalue weighted by molar-refractivity contribution is 0.368. The van der Waals surface area contributed by atoms with Crippen LogP contribution in [0, 0.1) is 11.8 Å². The molecule has 2 N–H and O–H groups in total. The molecule has 1 aromatic rings. The van der Waals surface area contributed by atoms with E-state index in [2.05, 4.69) is 28.9 Å². The minimum atomic E-state index is -3.53. The molecule has 1 aromatic heterocycles. The molecule has 0 aliphatic heterocycles. The number of sulfonamides is 1. The molecule has 0 aromatic carbocycles. The first-order valence-corrected chi connectivity index (χ1v) is 8.62. The normalized spacial score (nSPS) is 26.6. The summed E-state index contributed by atoms with van der Waals surface area (Å²) in [5.41, 5.74) is 0.574. The van der Waals surface area contributed by atoms with Gasteiger partial charge >= 0.3 is 0 Å². The zero-order valence-electron chi connectivity index (χ0n) is 12.3. The third-order valence-corrected chi connectivity index (χ3v) is 5.92. The molecule has 6 heteroatoms. The molecule has 1 fully saturated rings. The van der Waals surface area contributed by atoms with Crippen LogP contribution in [-0.2, 0) is 10.0 Å². The van der Waals surface area contributed by atoms with E-state index >= 15 is 0 Å². The predicted molar refractivity (Wildman–Crippen MR) is 80.1 cm³/mol. The molecule has 0 amide bonds. The van der Waals surface area contributed by atoms with Crippen LogP contribution in [0.4, 0.5) is 5.69 Å². The second kappa shape index (κ2) is 6.10. The molecule has 1 aliphatic rings. The maximum absolute atomic E-state index is 12.5. The zero-order valence-corrected chi connectivity index (χ0v) is 13.1. The van der Waals surface area contributed by atoms with E-state index in [0.717, 1.165) is 19.3 Å². The van der Waals surface area contributed by atoms with Crippen molar-refractivity contribution in [1.29, 1.82) is 0 Å². The molecule has 3 unspecified atom stereocenters. The van der Waals surface area contributed by atoms with Gasteiger partial charge < -0.3 is 5.32 Å². The standard InChI is InChI=1S/C14H23N3O2S/c1-4-11-5-6-12(10(11)2)17-20(18,19)14-9-16-8-7-13(14)15-3/h7-12,17H,4-6H2,1-3H3,(H,15,16). The highest BCUT2D eigenvalue weighted by Gasteiger charge is 2.34. The number of rotatable bonds is 5. The van der Waals surface area contributed by atoms with Crippen molar-refractivity contribution in [2.75, 3.05) is 12.4 Å². The molecular formula is C14H23N3O2S. The predicted octanol–water partition coefficient (Wildman–Crippen LogP) is 2.23. The van der Waals surface area contributed by atoms with Crippen molar-refractivity contribution in [3.8, 4) is 0 Å². The number of nitrogens with one attached hydrogen (secondary N) is 2. The lowest BCUT2D eigenvalue weighted by atomic mass is 9.94. The van der Waals surface area contributed by atoms with Gasteiger partial charge in [-0.15, -0.1) is 0 Å². The largest absolute Gasteiger partial charge is 0.387 e. The van der Waals surface area contributed by atoms with Crippen LogP contribution >= 0.6 is 0 Å². The summed E-state index contributed by atoms with van der Waals surface area (Å²) in [6.07, 6.45) is 6.08. The topological polar surface area (TPSA) is 71.1 Å². The van der Waals surface area contributed by atoms with Crippen LogP contribution in [0.5, 0.6) is 0 Å². The fourth-order valence-electron chi connectivity index (χ4n) is 3.05. The molecular weight excluding hydrogens is 274 g/mol. The van der Waals surface area contributed by atoms with Gasteiger partial charge in [0.1, 0.15) is 4.90 Å². The Bertz CT molecular complexity index is 559. The second-order valence-electron chi connectivity index (χ2n) is 5.45. The van der Waals surface area contributed by atoms with Crippen molar-refractivity contribution >= 4 is 15.7 Å². The fraction of sp³-hybridized carbons (Fsp3) is 0.643. The Morgan fingerprint density at radius 1 is 1.40 bits per heavy atom. The summed E-state index contributed by atoms with van der Waals surface area (Å²) in [5, 5.41) is 2.90. The van der Waals surface area contributed by atoms with E-state index in [1.165, 1.54) is 6.20 Å². The molecule has 1 saturated carbocycles. The number of hydrogen-bond donors (Lipinski definition) is 2. The van der Waals surface area contributed by atoms with Crippen molar-refractivity contribution in [1.82, 2.24) is 9.71 Å². The first-order chi connectivity index (χ1) is 9.49. The fourth-order valence-corrected chi connectivity index (χ4v) is 4.57. The Balaban J connectivity index is 2.20. The van der Waals surface area contributed by atoms with E-state index in [1.807, 2.05) is 0 Å². The summed E-state index contributed by atoms with van der Waals surface area (Å²) in [6.45, 7) is 4.30. The Labute approximate surface area is 121 Å². The van der Waals surface area contributed by atoms with E-state index in [1.54, 1.807) is 19.3 Å². The van der Waals surface area contributed by atoms with Gasteiger partial charge in [0.25, 0.3) is 0 Å². The molecule has 2 rings (SSSR count). The first kappa shape index (κ1) is 15.3. The van der Waals surface area contributed by atoms with Gasteiger partial charge in [-0.2, -0.15) is 0 Å². The second-order valence-corrected chi connectivity index (χ2v) is 7.14. The van der Waals surface area contributed by atoms with Gasteiger partial charge in [-0.1, -0.05) is 20.3 Å². The quantitative estimate of drug-likeness (QED) is 0.874. The van der Waals surface area contributed by atoms with Crippen molar-refractivity contribution in [3.63, 3.8) is 0 Å². The van der Waals surface area contributed by atoms with Gasteiger partial charge in [0.15, 0.2) is 0 Å². The lowest BCUT2D eigenvalue weighted by Crippen LogP contribution is -2.37. The molecule has 20 heavy (non-hydrogen) atoms. The molecule has 1 heterocycles. The summed E-state index contributed by atoms with van der Waals surface area (Å²) >= 11 is 0. The molecule has 1 aliphatic carbocycles. The zero-order chi connectivity index (χ0) is 14.8. The van der Waals surface area contributed by atoms with Crippen molar-refractivity contribution in [3.05, 3.63) is 18.5 Å². The van der Waals surface area contributed by atoms with Gasteiger partial charge in [0.2, 0.25) is 10.0 Å². The van der Waals surface area contributed by atoms with E-state index in [0.29, 0.717) is 17.5 Å². The molecule has 0 bridgehead atoms. The van der Waals surface area contributed by atoms with Crippen LogP contribution in [-0.4, -0.2) is 26.5 Å². The summed E-state index contributed by atoms with van der Waals surface area (Å²) in [7, 11) is -1.82. The van der Waals surface area contributed by atoms with Gasteiger partial charge in [-0.3, -0.25) is 4.98 Å². The maximum atomic E-state index is 12.5. The monoisotopic (exact) mass is 297 g/mol. The first-order valence-electron chi connectivity index (χ1n) is 7.13. The molecule has 112 valence electrons. The van der Waals surface area contributed by atoms with E-state index in [9.17, 15) is 8.42 Å². The SMILES string of the molecule is CCC1CCC(NS(=O)(=O)c2cnccc2NC)C1C. The Morgan fingerprint density at radius 3 is 2.75 bits per heavy atom. The maximum Gasteiger partial charge on any atom is 0.244 e. The number of anilines is 1. The lowest BCUT2D eigenvalue weighted by Gasteiger charge is -2.21. The number of nitrogens with zero attached hydrogens (tertiary/aromatic N) is 1. The average molecular weight is 297 g/mol. The molecule has 5 nitrogen and oxygen atoms in total. The van der Waals surface area contributed by atoms with Crippen LogP contribution in [0.15, 0.2) is 23.4 Å².